The van der Waals surface area contributed by atoms with E-state index in [-0.39, 0.29) is 18.6 Å². The van der Waals surface area contributed by atoms with Crippen LogP contribution in [0.3, 0.4) is 0 Å². The van der Waals surface area contributed by atoms with Gasteiger partial charge in [0.1, 0.15) is 6.04 Å². The minimum absolute atomic E-state index is 0.0940. The Kier molecular flexibility index (Phi) is 4.32. The minimum atomic E-state index is -0.541. The third kappa shape index (κ3) is 2.92. The zero-order chi connectivity index (χ0) is 18.3. The number of rotatable bonds is 2. The Hall–Kier alpha value is -2.54. The Balaban J connectivity index is 1.54. The Labute approximate surface area is 159 Å². The molecule has 2 aliphatic rings. The smallest absolute Gasteiger partial charge is 0.254 e. The molecule has 1 atom stereocenters. The van der Waals surface area contributed by atoms with Gasteiger partial charge in [0.2, 0.25) is 12.7 Å². The van der Waals surface area contributed by atoms with Gasteiger partial charge in [-0.1, -0.05) is 22.0 Å². The Bertz CT molecular complexity index is 886. The van der Waals surface area contributed by atoms with Crippen LogP contribution in [-0.4, -0.2) is 42.6 Å². The van der Waals surface area contributed by atoms with Crippen molar-refractivity contribution in [2.45, 2.75) is 13.0 Å². The first kappa shape index (κ1) is 16.9. The molecule has 0 spiro atoms. The number of nitrogens with zero attached hydrogens (tertiary/aromatic N) is 2. The molecule has 0 aliphatic carbocycles. The van der Waals surface area contributed by atoms with Gasteiger partial charge >= 0.3 is 0 Å². The average Bonchev–Trinajstić information content (AvgIpc) is 3.11. The van der Waals surface area contributed by atoms with Gasteiger partial charge in [-0.2, -0.15) is 0 Å². The molecule has 0 bridgehead atoms. The molecule has 1 saturated heterocycles. The number of benzene rings is 2. The van der Waals surface area contributed by atoms with Crippen LogP contribution in [0.4, 0.5) is 5.69 Å². The van der Waals surface area contributed by atoms with E-state index in [9.17, 15) is 9.59 Å². The summed E-state index contributed by atoms with van der Waals surface area (Å²) in [5, 5.41) is 0. The number of ether oxygens (including phenoxy) is 2. The number of anilines is 1. The van der Waals surface area contributed by atoms with Gasteiger partial charge in [-0.05, 0) is 43.3 Å². The summed E-state index contributed by atoms with van der Waals surface area (Å²) >= 11 is 3.43. The summed E-state index contributed by atoms with van der Waals surface area (Å²) in [4.78, 5) is 29.1. The van der Waals surface area contributed by atoms with E-state index in [1.807, 2.05) is 24.3 Å². The molecular weight excluding hydrogens is 400 g/mol. The molecule has 1 unspecified atom stereocenters. The first-order chi connectivity index (χ1) is 12.5. The lowest BCUT2D eigenvalue weighted by atomic mass is 10.1. The second-order valence-electron chi connectivity index (χ2n) is 6.21. The maximum absolute atomic E-state index is 12.9. The van der Waals surface area contributed by atoms with E-state index in [4.69, 9.17) is 9.47 Å². The molecule has 134 valence electrons. The van der Waals surface area contributed by atoms with Crippen molar-refractivity contribution in [3.05, 3.63) is 52.5 Å². The fourth-order valence-electron chi connectivity index (χ4n) is 3.24. The summed E-state index contributed by atoms with van der Waals surface area (Å²) in [7, 11) is 0. The van der Waals surface area contributed by atoms with E-state index in [0.717, 1.165) is 10.2 Å². The van der Waals surface area contributed by atoms with Crippen LogP contribution >= 0.6 is 15.9 Å². The predicted octanol–water partition coefficient (Wildman–Crippen LogP) is 3.06. The van der Waals surface area contributed by atoms with Crippen LogP contribution in [0.15, 0.2) is 46.9 Å². The van der Waals surface area contributed by atoms with Gasteiger partial charge in [0.25, 0.3) is 5.91 Å². The van der Waals surface area contributed by atoms with Crippen molar-refractivity contribution in [3.63, 3.8) is 0 Å². The fraction of sp³-hybridized carbons (Fsp3) is 0.263. The van der Waals surface area contributed by atoms with Gasteiger partial charge in [-0.3, -0.25) is 9.59 Å². The molecule has 0 N–H and O–H groups in total. The highest BCUT2D eigenvalue weighted by Gasteiger charge is 2.35. The fourth-order valence-corrected chi connectivity index (χ4v) is 3.63. The van der Waals surface area contributed by atoms with Crippen molar-refractivity contribution in [1.29, 1.82) is 0 Å². The van der Waals surface area contributed by atoms with E-state index >= 15 is 0 Å². The number of piperazine rings is 1. The molecule has 2 aliphatic heterocycles. The first-order valence-corrected chi connectivity index (χ1v) is 9.11. The van der Waals surface area contributed by atoms with Crippen molar-refractivity contribution >= 4 is 33.4 Å². The number of carbonyl (C=O) groups is 2. The molecule has 2 amide bonds. The van der Waals surface area contributed by atoms with Crippen LogP contribution in [0.1, 0.15) is 17.3 Å². The Morgan fingerprint density at radius 3 is 2.73 bits per heavy atom. The molecular formula is C19H17BrN2O4. The summed E-state index contributed by atoms with van der Waals surface area (Å²) < 4.78 is 11.5. The number of hydrogen-bond donors (Lipinski definition) is 0. The molecule has 7 heteroatoms. The molecule has 0 aromatic heterocycles. The highest BCUT2D eigenvalue weighted by Crippen LogP contribution is 2.33. The summed E-state index contributed by atoms with van der Waals surface area (Å²) in [5.74, 6) is 0.911. The quantitative estimate of drug-likeness (QED) is 0.754. The van der Waals surface area contributed by atoms with Crippen LogP contribution in [0.25, 0.3) is 0 Å². The second kappa shape index (κ2) is 6.64. The Morgan fingerprint density at radius 2 is 1.92 bits per heavy atom. The number of amides is 2. The summed E-state index contributed by atoms with van der Waals surface area (Å²) in [6.45, 7) is 2.84. The zero-order valence-corrected chi connectivity index (χ0v) is 15.7. The molecule has 2 heterocycles. The lowest BCUT2D eigenvalue weighted by molar-refractivity contribution is -0.124. The third-order valence-electron chi connectivity index (χ3n) is 4.66. The van der Waals surface area contributed by atoms with E-state index in [0.29, 0.717) is 30.2 Å². The second-order valence-corrected chi connectivity index (χ2v) is 7.13. The number of hydrogen-bond acceptors (Lipinski definition) is 4. The van der Waals surface area contributed by atoms with Crippen LogP contribution in [0.5, 0.6) is 11.5 Å². The van der Waals surface area contributed by atoms with E-state index in [1.165, 1.54) is 0 Å². The highest BCUT2D eigenvalue weighted by atomic mass is 79.9. The monoisotopic (exact) mass is 416 g/mol. The maximum atomic E-state index is 12.9. The Morgan fingerprint density at radius 1 is 1.12 bits per heavy atom. The van der Waals surface area contributed by atoms with Gasteiger partial charge in [-0.15, -0.1) is 0 Å². The maximum Gasteiger partial charge on any atom is 0.254 e. The molecule has 6 nitrogen and oxygen atoms in total. The molecule has 2 aromatic rings. The van der Waals surface area contributed by atoms with Crippen LogP contribution < -0.4 is 14.4 Å². The molecule has 26 heavy (non-hydrogen) atoms. The zero-order valence-electron chi connectivity index (χ0n) is 14.1. The van der Waals surface area contributed by atoms with Gasteiger partial charge in [0, 0.05) is 28.8 Å². The van der Waals surface area contributed by atoms with Gasteiger partial charge < -0.3 is 19.3 Å². The summed E-state index contributed by atoms with van der Waals surface area (Å²) in [5.41, 5.74) is 1.32. The van der Waals surface area contributed by atoms with Crippen molar-refractivity contribution < 1.29 is 19.1 Å². The molecule has 0 saturated carbocycles. The van der Waals surface area contributed by atoms with Crippen LogP contribution in [0.2, 0.25) is 0 Å². The minimum Gasteiger partial charge on any atom is -0.454 e. The van der Waals surface area contributed by atoms with Gasteiger partial charge in [0.15, 0.2) is 11.5 Å². The topological polar surface area (TPSA) is 59.1 Å². The predicted molar refractivity (Wildman–Crippen MR) is 99.6 cm³/mol. The average molecular weight is 417 g/mol. The normalized spacial score (nSPS) is 19.0. The molecule has 4 rings (SSSR count). The standard InChI is InChI=1S/C19H17BrN2O4/c1-12-18(23)22(15-4-2-3-14(20)10-15)8-7-21(12)19(24)13-5-6-16-17(9-13)26-11-25-16/h2-6,9-10,12H,7-8,11H2,1H3. The van der Waals surface area contributed by atoms with Crippen LogP contribution in [-0.2, 0) is 4.79 Å². The first-order valence-electron chi connectivity index (χ1n) is 8.32. The SMILES string of the molecule is CC1C(=O)N(c2cccc(Br)c2)CCN1C(=O)c1ccc2c(c1)OCO2. The molecule has 0 radical (unpaired) electrons. The number of carbonyl (C=O) groups excluding carboxylic acids is 2. The van der Waals surface area contributed by atoms with E-state index < -0.39 is 6.04 Å². The van der Waals surface area contributed by atoms with Crippen LogP contribution in [0, 0.1) is 0 Å². The highest BCUT2D eigenvalue weighted by molar-refractivity contribution is 9.10. The van der Waals surface area contributed by atoms with Crippen molar-refractivity contribution in [2.24, 2.45) is 0 Å². The number of fused-ring (bicyclic) bond motifs is 1. The molecule has 1 fully saturated rings. The van der Waals surface area contributed by atoms with Crippen molar-refractivity contribution in [3.8, 4) is 11.5 Å². The van der Waals surface area contributed by atoms with Gasteiger partial charge in [0.05, 0.1) is 0 Å². The third-order valence-corrected chi connectivity index (χ3v) is 5.15. The van der Waals surface area contributed by atoms with E-state index in [1.54, 1.807) is 34.9 Å². The van der Waals surface area contributed by atoms with Crippen molar-refractivity contribution in [2.75, 3.05) is 24.8 Å². The lowest BCUT2D eigenvalue weighted by Crippen LogP contribution is -2.57. The van der Waals surface area contributed by atoms with E-state index in [2.05, 4.69) is 15.9 Å². The largest absolute Gasteiger partial charge is 0.454 e. The molecule has 2 aromatic carbocycles. The number of halogens is 1. The lowest BCUT2D eigenvalue weighted by Gasteiger charge is -2.39. The van der Waals surface area contributed by atoms with Crippen molar-refractivity contribution in [1.82, 2.24) is 4.90 Å². The summed E-state index contributed by atoms with van der Waals surface area (Å²) in [6.07, 6.45) is 0. The summed E-state index contributed by atoms with van der Waals surface area (Å²) in [6, 6.07) is 12.2. The van der Waals surface area contributed by atoms with Gasteiger partial charge in [-0.25, -0.2) is 0 Å².